The lowest BCUT2D eigenvalue weighted by molar-refractivity contribution is -0.139. The number of nitrogens with one attached hydrogen (secondary N) is 2. The first-order chi connectivity index (χ1) is 17.1. The van der Waals surface area contributed by atoms with Crippen LogP contribution >= 0.6 is 0 Å². The van der Waals surface area contributed by atoms with Gasteiger partial charge >= 0.3 is 5.97 Å². The molecule has 0 spiro atoms. The largest absolute Gasteiger partial charge is 0.479 e. The van der Waals surface area contributed by atoms with Gasteiger partial charge in [-0.2, -0.15) is 9.44 Å². The molecule has 0 saturated carbocycles. The second-order valence-electron chi connectivity index (χ2n) is 10.0. The Balaban J connectivity index is 4.14. The Labute approximate surface area is 221 Å². The molecule has 0 aliphatic heterocycles. The number of hydrogen-bond acceptors (Lipinski definition) is 5. The zero-order valence-electron chi connectivity index (χ0n) is 22.9. The van der Waals surface area contributed by atoms with Crippen LogP contribution in [0.4, 0.5) is 0 Å². The summed E-state index contributed by atoms with van der Waals surface area (Å²) in [5, 5.41) is 9.34. The van der Waals surface area contributed by atoms with Crippen molar-refractivity contribution in [2.45, 2.75) is 148 Å². The number of sulfonamides is 2. The van der Waals surface area contributed by atoms with Crippen LogP contribution in [0.15, 0.2) is 0 Å². The van der Waals surface area contributed by atoms with Crippen LogP contribution in [0.5, 0.6) is 0 Å². The third-order valence-corrected chi connectivity index (χ3v) is 9.22. The Bertz CT molecular complexity index is 686. The zero-order chi connectivity index (χ0) is 27.1. The molecule has 10 heteroatoms. The molecular weight excluding hydrogens is 500 g/mol. The molecule has 3 N–H and O–H groups in total. The number of aliphatic carboxylic acids is 1. The van der Waals surface area contributed by atoms with E-state index in [4.69, 9.17) is 0 Å². The first kappa shape index (κ1) is 35.3. The molecule has 0 atom stereocenters. The van der Waals surface area contributed by atoms with Gasteiger partial charge in [0.2, 0.25) is 20.0 Å². The minimum atomic E-state index is -3.91. The topological polar surface area (TPSA) is 130 Å². The maximum atomic E-state index is 12.3. The molecule has 0 amide bonds. The number of carboxylic acid groups (broad SMARTS) is 1. The van der Waals surface area contributed by atoms with Crippen molar-refractivity contribution >= 4 is 26.0 Å². The molecule has 0 heterocycles. The standard InChI is InChI=1S/C26H54N2O6S2/c1-3-5-7-9-11-13-15-17-19-21-23-35(31,32)27-25(26(29)30)28-36(33,34)24-22-20-18-16-14-12-10-8-6-4-2/h25,27-28H,3-24H2,1-2H3,(H,29,30). The average Bonchev–Trinajstić information content (AvgIpc) is 2.80. The molecule has 0 aromatic carbocycles. The van der Waals surface area contributed by atoms with Gasteiger partial charge in [0.15, 0.2) is 6.17 Å². The van der Waals surface area contributed by atoms with Gasteiger partial charge in [-0.3, -0.25) is 0 Å². The van der Waals surface area contributed by atoms with Crippen molar-refractivity contribution in [3.8, 4) is 0 Å². The average molecular weight is 555 g/mol. The number of unbranched alkanes of at least 4 members (excludes halogenated alkanes) is 18. The van der Waals surface area contributed by atoms with Gasteiger partial charge in [-0.1, -0.05) is 129 Å². The monoisotopic (exact) mass is 554 g/mol. The Morgan fingerprint density at radius 3 is 1.03 bits per heavy atom. The normalized spacial score (nSPS) is 12.4. The molecule has 0 saturated heterocycles. The van der Waals surface area contributed by atoms with Crippen LogP contribution in [0, 0.1) is 0 Å². The highest BCUT2D eigenvalue weighted by atomic mass is 32.2. The quantitative estimate of drug-likeness (QED) is 0.0833. The molecule has 0 rings (SSSR count). The predicted octanol–water partition coefficient (Wildman–Crippen LogP) is 6.08. The maximum Gasteiger partial charge on any atom is 0.337 e. The summed E-state index contributed by atoms with van der Waals surface area (Å²) < 4.78 is 53.2. The molecule has 0 aromatic heterocycles. The molecule has 0 aliphatic rings. The zero-order valence-corrected chi connectivity index (χ0v) is 24.6. The second-order valence-corrected chi connectivity index (χ2v) is 13.8. The summed E-state index contributed by atoms with van der Waals surface area (Å²) in [6.07, 6.45) is 19.2. The van der Waals surface area contributed by atoms with Crippen molar-refractivity contribution < 1.29 is 26.7 Å². The highest BCUT2D eigenvalue weighted by Crippen LogP contribution is 2.12. The van der Waals surface area contributed by atoms with E-state index in [0.717, 1.165) is 51.4 Å². The summed E-state index contributed by atoms with van der Waals surface area (Å²) in [5.74, 6) is -1.99. The van der Waals surface area contributed by atoms with Gasteiger partial charge < -0.3 is 5.11 Å². The molecule has 0 aromatic rings. The van der Waals surface area contributed by atoms with Crippen molar-refractivity contribution in [3.63, 3.8) is 0 Å². The van der Waals surface area contributed by atoms with E-state index >= 15 is 0 Å². The van der Waals surface area contributed by atoms with Crippen molar-refractivity contribution in [1.29, 1.82) is 0 Å². The number of carbonyl (C=O) groups is 1. The number of carboxylic acids is 1. The summed E-state index contributed by atoms with van der Waals surface area (Å²) in [5.41, 5.74) is 0. The van der Waals surface area contributed by atoms with Crippen molar-refractivity contribution in [2.24, 2.45) is 0 Å². The first-order valence-electron chi connectivity index (χ1n) is 14.4. The third-order valence-electron chi connectivity index (χ3n) is 6.38. The molecule has 0 radical (unpaired) electrons. The van der Waals surface area contributed by atoms with Gasteiger partial charge in [-0.25, -0.2) is 21.6 Å². The molecule has 36 heavy (non-hydrogen) atoms. The number of hydrogen-bond donors (Lipinski definition) is 3. The van der Waals surface area contributed by atoms with E-state index in [0.29, 0.717) is 12.8 Å². The predicted molar refractivity (Wildman–Crippen MR) is 149 cm³/mol. The number of rotatable bonds is 27. The fourth-order valence-electron chi connectivity index (χ4n) is 4.16. The van der Waals surface area contributed by atoms with Crippen LogP contribution < -0.4 is 9.44 Å². The summed E-state index contributed by atoms with van der Waals surface area (Å²) in [6.45, 7) is 4.38. The fraction of sp³-hybridized carbons (Fsp3) is 0.962. The fourth-order valence-corrected chi connectivity index (χ4v) is 6.68. The lowest BCUT2D eigenvalue weighted by atomic mass is 10.1. The van der Waals surface area contributed by atoms with E-state index < -0.39 is 32.2 Å². The molecule has 8 nitrogen and oxygen atoms in total. The van der Waals surface area contributed by atoms with E-state index in [-0.39, 0.29) is 11.5 Å². The Morgan fingerprint density at radius 2 is 0.778 bits per heavy atom. The SMILES string of the molecule is CCCCCCCCCCCCS(=O)(=O)NC(NS(=O)(=O)CCCCCCCCCCCC)C(=O)O. The molecule has 216 valence electrons. The molecule has 0 aliphatic carbocycles. The second kappa shape index (κ2) is 22.3. The van der Waals surface area contributed by atoms with E-state index in [1.807, 2.05) is 9.44 Å². The first-order valence-corrected chi connectivity index (χ1v) is 17.7. The summed E-state index contributed by atoms with van der Waals surface area (Å²) in [6, 6.07) is 0. The van der Waals surface area contributed by atoms with Gasteiger partial charge in [0.05, 0.1) is 11.5 Å². The summed E-state index contributed by atoms with van der Waals surface area (Å²) in [7, 11) is -7.82. The summed E-state index contributed by atoms with van der Waals surface area (Å²) >= 11 is 0. The minimum absolute atomic E-state index is 0.215. The van der Waals surface area contributed by atoms with E-state index in [9.17, 15) is 26.7 Å². The van der Waals surface area contributed by atoms with Gasteiger partial charge in [0, 0.05) is 0 Å². The molecule has 0 unspecified atom stereocenters. The minimum Gasteiger partial charge on any atom is -0.479 e. The molecule has 0 fully saturated rings. The van der Waals surface area contributed by atoms with Crippen LogP contribution in [-0.4, -0.2) is 45.6 Å². The van der Waals surface area contributed by atoms with Crippen LogP contribution in [0.2, 0.25) is 0 Å². The lowest BCUT2D eigenvalue weighted by Crippen LogP contribution is -2.53. The van der Waals surface area contributed by atoms with Crippen LogP contribution in [0.1, 0.15) is 142 Å². The molecule has 0 bridgehead atoms. The van der Waals surface area contributed by atoms with E-state index in [1.165, 1.54) is 64.2 Å². The smallest absolute Gasteiger partial charge is 0.337 e. The summed E-state index contributed by atoms with van der Waals surface area (Å²) in [4.78, 5) is 11.5. The lowest BCUT2D eigenvalue weighted by Gasteiger charge is -2.16. The van der Waals surface area contributed by atoms with Crippen LogP contribution in [0.3, 0.4) is 0 Å². The molecular formula is C26H54N2O6S2. The Hall–Kier alpha value is -0.710. The maximum absolute atomic E-state index is 12.3. The van der Waals surface area contributed by atoms with E-state index in [2.05, 4.69) is 13.8 Å². The highest BCUT2D eigenvalue weighted by Gasteiger charge is 2.28. The van der Waals surface area contributed by atoms with Gasteiger partial charge in [0.25, 0.3) is 0 Å². The highest BCUT2D eigenvalue weighted by molar-refractivity contribution is 7.90. The Morgan fingerprint density at radius 1 is 0.528 bits per heavy atom. The Kier molecular flexibility index (Phi) is 21.9. The van der Waals surface area contributed by atoms with Crippen molar-refractivity contribution in [3.05, 3.63) is 0 Å². The van der Waals surface area contributed by atoms with Crippen LogP contribution in [-0.2, 0) is 24.8 Å². The van der Waals surface area contributed by atoms with Gasteiger partial charge in [0.1, 0.15) is 0 Å². The van der Waals surface area contributed by atoms with Gasteiger partial charge in [-0.05, 0) is 12.8 Å². The third kappa shape index (κ3) is 22.5. The van der Waals surface area contributed by atoms with Crippen LogP contribution in [0.25, 0.3) is 0 Å². The van der Waals surface area contributed by atoms with Crippen molar-refractivity contribution in [1.82, 2.24) is 9.44 Å². The van der Waals surface area contributed by atoms with Gasteiger partial charge in [-0.15, -0.1) is 0 Å². The van der Waals surface area contributed by atoms with Crippen molar-refractivity contribution in [2.75, 3.05) is 11.5 Å². The van der Waals surface area contributed by atoms with E-state index in [1.54, 1.807) is 0 Å².